The van der Waals surface area contributed by atoms with Crippen molar-refractivity contribution in [3.8, 4) is 0 Å². The first kappa shape index (κ1) is 12.1. The van der Waals surface area contributed by atoms with Crippen molar-refractivity contribution in [2.24, 2.45) is 7.05 Å². The maximum absolute atomic E-state index is 11.0. The first-order valence-electron chi connectivity index (χ1n) is 4.12. The lowest BCUT2D eigenvalue weighted by molar-refractivity contribution is 0.597. The summed E-state index contributed by atoms with van der Waals surface area (Å²) in [5.41, 5.74) is -0.550. The first-order chi connectivity index (χ1) is 7.04. The van der Waals surface area contributed by atoms with Crippen LogP contribution in [0.3, 0.4) is 0 Å². The minimum absolute atomic E-state index is 0.461. The lowest BCUT2D eigenvalue weighted by atomic mass is 10.4. The third-order valence-electron chi connectivity index (χ3n) is 1.58. The van der Waals surface area contributed by atoms with Crippen molar-refractivity contribution in [2.75, 3.05) is 11.5 Å². The van der Waals surface area contributed by atoms with Gasteiger partial charge in [0.15, 0.2) is 5.16 Å². The van der Waals surface area contributed by atoms with E-state index in [1.807, 2.05) is 0 Å². The summed E-state index contributed by atoms with van der Waals surface area (Å²) in [7, 11) is 1.62. The van der Waals surface area contributed by atoms with Crippen LogP contribution < -0.4 is 11.1 Å². The Labute approximate surface area is 96.0 Å². The van der Waals surface area contributed by atoms with Gasteiger partial charge in [0, 0.05) is 18.6 Å². The second-order valence-corrected chi connectivity index (χ2v) is 4.15. The standard InChI is InChI=1S/C8H11N3O2S2/c1-5(3-14)4-15-8-9-6(12)7(13)10-11(8)2/h14H,1,3-4H2,2H3,(H,10,13). The number of aromatic nitrogens is 3. The smallest absolute Gasteiger partial charge is 0.265 e. The van der Waals surface area contributed by atoms with Crippen molar-refractivity contribution in [2.45, 2.75) is 5.16 Å². The second kappa shape index (κ2) is 5.22. The highest BCUT2D eigenvalue weighted by molar-refractivity contribution is 7.99. The number of rotatable bonds is 4. The van der Waals surface area contributed by atoms with E-state index in [-0.39, 0.29) is 0 Å². The molecule has 0 amide bonds. The molecule has 7 heteroatoms. The van der Waals surface area contributed by atoms with E-state index in [1.54, 1.807) is 7.05 Å². The van der Waals surface area contributed by atoms with E-state index >= 15 is 0 Å². The number of thioether (sulfide) groups is 1. The molecule has 0 fully saturated rings. The molecule has 0 saturated carbocycles. The summed E-state index contributed by atoms with van der Waals surface area (Å²) in [6.45, 7) is 3.77. The van der Waals surface area contributed by atoms with Crippen molar-refractivity contribution in [3.05, 3.63) is 32.9 Å². The number of aromatic amines is 1. The van der Waals surface area contributed by atoms with Gasteiger partial charge in [-0.15, -0.1) is 0 Å². The van der Waals surface area contributed by atoms with Crippen molar-refractivity contribution in [1.29, 1.82) is 0 Å². The first-order valence-corrected chi connectivity index (χ1v) is 5.74. The SMILES string of the molecule is C=C(CS)CSc1nc(=O)c(=O)[nH]n1C. The molecule has 0 atom stereocenters. The molecule has 0 aliphatic heterocycles. The van der Waals surface area contributed by atoms with Crippen LogP contribution in [-0.2, 0) is 7.05 Å². The van der Waals surface area contributed by atoms with E-state index in [9.17, 15) is 9.59 Å². The Hall–Kier alpha value is -0.950. The minimum atomic E-state index is -0.771. The van der Waals surface area contributed by atoms with E-state index < -0.39 is 11.1 Å². The van der Waals surface area contributed by atoms with Crippen molar-refractivity contribution >= 4 is 24.4 Å². The number of hydrogen-bond acceptors (Lipinski definition) is 5. The van der Waals surface area contributed by atoms with Crippen molar-refractivity contribution in [1.82, 2.24) is 14.8 Å². The average molecular weight is 245 g/mol. The number of hydrogen-bond donors (Lipinski definition) is 2. The molecule has 0 unspecified atom stereocenters. The third kappa shape index (κ3) is 3.28. The topological polar surface area (TPSA) is 67.8 Å². The molecule has 0 aromatic carbocycles. The summed E-state index contributed by atoms with van der Waals surface area (Å²) >= 11 is 5.40. The molecule has 0 aliphatic carbocycles. The summed E-state index contributed by atoms with van der Waals surface area (Å²) in [5.74, 6) is 1.21. The van der Waals surface area contributed by atoms with Gasteiger partial charge in [-0.3, -0.25) is 19.4 Å². The molecule has 0 bridgehead atoms. The van der Waals surface area contributed by atoms with Gasteiger partial charge in [-0.25, -0.2) is 0 Å². The molecule has 1 N–H and O–H groups in total. The summed E-state index contributed by atoms with van der Waals surface area (Å²) in [4.78, 5) is 25.5. The van der Waals surface area contributed by atoms with Gasteiger partial charge in [-0.05, 0) is 0 Å². The van der Waals surface area contributed by atoms with E-state index in [1.165, 1.54) is 16.4 Å². The molecule has 1 aromatic rings. The average Bonchev–Trinajstić information content (AvgIpc) is 2.21. The van der Waals surface area contributed by atoms with Crippen LogP contribution in [0.4, 0.5) is 0 Å². The highest BCUT2D eigenvalue weighted by Gasteiger charge is 2.04. The number of nitrogens with zero attached hydrogens (tertiary/aromatic N) is 2. The Morgan fingerprint density at radius 3 is 2.93 bits per heavy atom. The Morgan fingerprint density at radius 1 is 1.67 bits per heavy atom. The predicted molar refractivity (Wildman–Crippen MR) is 63.8 cm³/mol. The lowest BCUT2D eigenvalue weighted by Crippen LogP contribution is -2.33. The second-order valence-electron chi connectivity index (χ2n) is 2.90. The van der Waals surface area contributed by atoms with Crippen LogP contribution in [0.25, 0.3) is 0 Å². The molecule has 0 radical (unpaired) electrons. The van der Waals surface area contributed by atoms with E-state index in [2.05, 4.69) is 29.3 Å². The molecule has 0 saturated heterocycles. The van der Waals surface area contributed by atoms with Crippen LogP contribution in [0.5, 0.6) is 0 Å². The van der Waals surface area contributed by atoms with E-state index in [0.717, 1.165) is 5.57 Å². The lowest BCUT2D eigenvalue weighted by Gasteiger charge is -2.05. The molecule has 1 rings (SSSR count). The van der Waals surface area contributed by atoms with Gasteiger partial charge in [0.05, 0.1) is 0 Å². The summed E-state index contributed by atoms with van der Waals surface area (Å²) in [5, 5.41) is 2.83. The largest absolute Gasteiger partial charge is 0.339 e. The molecule has 1 heterocycles. The fourth-order valence-corrected chi connectivity index (χ4v) is 1.89. The monoisotopic (exact) mass is 245 g/mol. The molecule has 1 aromatic heterocycles. The van der Waals surface area contributed by atoms with E-state index in [0.29, 0.717) is 16.7 Å². The van der Waals surface area contributed by atoms with Gasteiger partial charge in [0.2, 0.25) is 0 Å². The maximum Gasteiger partial charge on any atom is 0.339 e. The van der Waals surface area contributed by atoms with Gasteiger partial charge in [-0.2, -0.15) is 17.6 Å². The quantitative estimate of drug-likeness (QED) is 0.340. The third-order valence-corrected chi connectivity index (χ3v) is 3.20. The fourth-order valence-electron chi connectivity index (χ4n) is 0.802. The van der Waals surface area contributed by atoms with Gasteiger partial charge in [0.1, 0.15) is 0 Å². The Balaban J connectivity index is 2.87. The number of thiol groups is 1. The molecular formula is C8H11N3O2S2. The van der Waals surface area contributed by atoms with Crippen LogP contribution >= 0.6 is 24.4 Å². The molecule has 0 spiro atoms. The van der Waals surface area contributed by atoms with Gasteiger partial charge in [-0.1, -0.05) is 23.9 Å². The summed E-state index contributed by atoms with van der Waals surface area (Å²) < 4.78 is 1.42. The van der Waals surface area contributed by atoms with Crippen LogP contribution in [0.15, 0.2) is 26.9 Å². The van der Waals surface area contributed by atoms with Gasteiger partial charge >= 0.3 is 11.1 Å². The van der Waals surface area contributed by atoms with Crippen LogP contribution in [0.1, 0.15) is 0 Å². The van der Waals surface area contributed by atoms with Crippen molar-refractivity contribution in [3.63, 3.8) is 0 Å². The minimum Gasteiger partial charge on any atom is -0.265 e. The number of aryl methyl sites for hydroxylation is 1. The van der Waals surface area contributed by atoms with Crippen molar-refractivity contribution < 1.29 is 0 Å². The van der Waals surface area contributed by atoms with E-state index in [4.69, 9.17) is 0 Å². The summed E-state index contributed by atoms with van der Waals surface area (Å²) in [6, 6.07) is 0. The summed E-state index contributed by atoms with van der Waals surface area (Å²) in [6.07, 6.45) is 0. The van der Waals surface area contributed by atoms with Crippen LogP contribution in [0.2, 0.25) is 0 Å². The normalized spacial score (nSPS) is 10.3. The zero-order valence-electron chi connectivity index (χ0n) is 8.19. The zero-order chi connectivity index (χ0) is 11.4. The van der Waals surface area contributed by atoms with Crippen LogP contribution in [-0.4, -0.2) is 26.3 Å². The fraction of sp³-hybridized carbons (Fsp3) is 0.375. The highest BCUT2D eigenvalue weighted by atomic mass is 32.2. The highest BCUT2D eigenvalue weighted by Crippen LogP contribution is 2.14. The Morgan fingerprint density at radius 2 is 2.33 bits per heavy atom. The van der Waals surface area contributed by atoms with Crippen LogP contribution in [0, 0.1) is 0 Å². The zero-order valence-corrected chi connectivity index (χ0v) is 9.90. The molecule has 5 nitrogen and oxygen atoms in total. The maximum atomic E-state index is 11.0. The molecule has 0 aliphatic rings. The van der Waals surface area contributed by atoms with Gasteiger partial charge in [0.25, 0.3) is 0 Å². The van der Waals surface area contributed by atoms with Gasteiger partial charge < -0.3 is 0 Å². The Bertz CT molecular complexity index is 478. The Kier molecular flexibility index (Phi) is 4.22. The number of nitrogens with one attached hydrogen (secondary N) is 1. The predicted octanol–water partition coefficient (Wildman–Crippen LogP) is 0.0467. The molecule has 15 heavy (non-hydrogen) atoms. The molecule has 82 valence electrons. The molecular weight excluding hydrogens is 234 g/mol. The number of H-pyrrole nitrogens is 1.